The van der Waals surface area contributed by atoms with E-state index in [1.54, 1.807) is 7.05 Å². The molecule has 1 aliphatic rings. The predicted octanol–water partition coefficient (Wildman–Crippen LogP) is 0.953. The fourth-order valence-electron chi connectivity index (χ4n) is 2.87. The summed E-state index contributed by atoms with van der Waals surface area (Å²) in [6, 6.07) is 2.83. The first-order chi connectivity index (χ1) is 12.0. The first kappa shape index (κ1) is 15.3. The Morgan fingerprint density at radius 3 is 3.04 bits per heavy atom. The molecule has 0 bridgehead atoms. The fraction of sp³-hybridized carbons (Fsp3) is 0.267. The van der Waals surface area contributed by atoms with E-state index < -0.39 is 4.92 Å². The number of nitro groups is 1. The molecule has 4 rings (SSSR count). The number of nitro benzene ring substituents is 1. The molecular weight excluding hydrogens is 330 g/mol. The zero-order valence-electron chi connectivity index (χ0n) is 13.2. The summed E-state index contributed by atoms with van der Waals surface area (Å²) in [5, 5.41) is 15.6. The summed E-state index contributed by atoms with van der Waals surface area (Å²) in [5.74, 6) is 0.509. The van der Waals surface area contributed by atoms with Gasteiger partial charge in [0.25, 0.3) is 11.2 Å². The average Bonchev–Trinajstić information content (AvgIpc) is 2.99. The van der Waals surface area contributed by atoms with Crippen molar-refractivity contribution in [2.45, 2.75) is 13.2 Å². The normalized spacial score (nSPS) is 13.5. The van der Waals surface area contributed by atoms with E-state index >= 15 is 0 Å². The zero-order chi connectivity index (χ0) is 17.6. The molecule has 0 aliphatic carbocycles. The predicted molar refractivity (Wildman–Crippen MR) is 85.3 cm³/mol. The molecule has 0 fully saturated rings. The Morgan fingerprint density at radius 1 is 1.40 bits per heavy atom. The van der Waals surface area contributed by atoms with Crippen LogP contribution in [0.5, 0.6) is 5.75 Å². The molecule has 0 amide bonds. The molecule has 0 N–H and O–H groups in total. The van der Waals surface area contributed by atoms with Crippen molar-refractivity contribution < 1.29 is 14.4 Å². The summed E-state index contributed by atoms with van der Waals surface area (Å²) in [6.07, 6.45) is 2.85. The van der Waals surface area contributed by atoms with Crippen molar-refractivity contribution in [2.75, 3.05) is 6.79 Å². The SMILES string of the molecule is Cn1ncc2c(=O)n(Cc3cc([N+](=O)[O-])cc4c3OCOC4)cnc21. The van der Waals surface area contributed by atoms with Crippen molar-refractivity contribution >= 4 is 16.7 Å². The maximum atomic E-state index is 12.6. The minimum absolute atomic E-state index is 0.0621. The van der Waals surface area contributed by atoms with Crippen LogP contribution < -0.4 is 10.3 Å². The first-order valence-corrected chi connectivity index (χ1v) is 7.42. The minimum atomic E-state index is -0.482. The highest BCUT2D eigenvalue weighted by molar-refractivity contribution is 5.72. The van der Waals surface area contributed by atoms with E-state index in [2.05, 4.69) is 10.1 Å². The lowest BCUT2D eigenvalue weighted by atomic mass is 10.1. The molecule has 0 spiro atoms. The molecule has 2 aromatic heterocycles. The summed E-state index contributed by atoms with van der Waals surface area (Å²) >= 11 is 0. The smallest absolute Gasteiger partial charge is 0.270 e. The van der Waals surface area contributed by atoms with Crippen molar-refractivity contribution in [3.8, 4) is 5.75 Å². The molecule has 10 heteroatoms. The molecule has 0 unspecified atom stereocenters. The van der Waals surface area contributed by atoms with Crippen LogP contribution in [0.4, 0.5) is 5.69 Å². The van der Waals surface area contributed by atoms with E-state index in [1.165, 1.54) is 33.9 Å². The van der Waals surface area contributed by atoms with Gasteiger partial charge in [0.15, 0.2) is 12.4 Å². The van der Waals surface area contributed by atoms with Gasteiger partial charge in [-0.3, -0.25) is 24.2 Å². The van der Waals surface area contributed by atoms with Crippen LogP contribution in [0.25, 0.3) is 11.0 Å². The molecule has 3 heterocycles. The number of fused-ring (bicyclic) bond motifs is 2. The van der Waals surface area contributed by atoms with Gasteiger partial charge >= 0.3 is 0 Å². The van der Waals surface area contributed by atoms with Gasteiger partial charge in [0, 0.05) is 30.3 Å². The van der Waals surface area contributed by atoms with Crippen LogP contribution in [0, 0.1) is 10.1 Å². The van der Waals surface area contributed by atoms with Crippen LogP contribution in [0.1, 0.15) is 11.1 Å². The standard InChI is InChI=1S/C15H13N5O5/c1-18-14-12(4-17-18)15(21)19(7-16-14)5-9-2-11(20(22)23)3-10-6-24-8-25-13(9)10/h2-4,7H,5-6,8H2,1H3. The van der Waals surface area contributed by atoms with E-state index in [9.17, 15) is 14.9 Å². The Kier molecular flexibility index (Phi) is 3.46. The van der Waals surface area contributed by atoms with Crippen molar-refractivity contribution in [1.82, 2.24) is 19.3 Å². The Balaban J connectivity index is 1.83. The summed E-state index contributed by atoms with van der Waals surface area (Å²) in [4.78, 5) is 27.5. The number of ether oxygens (including phenoxy) is 2. The van der Waals surface area contributed by atoms with Gasteiger partial charge in [-0.15, -0.1) is 0 Å². The molecule has 25 heavy (non-hydrogen) atoms. The average molecular weight is 343 g/mol. The van der Waals surface area contributed by atoms with Crippen LogP contribution in [-0.4, -0.2) is 31.0 Å². The molecule has 1 aliphatic heterocycles. The highest BCUT2D eigenvalue weighted by atomic mass is 16.7. The van der Waals surface area contributed by atoms with E-state index in [-0.39, 0.29) is 31.2 Å². The number of hydrogen-bond acceptors (Lipinski definition) is 7. The van der Waals surface area contributed by atoms with Crippen LogP contribution in [-0.2, 0) is 24.9 Å². The molecule has 0 radical (unpaired) electrons. The van der Waals surface area contributed by atoms with E-state index in [0.29, 0.717) is 27.9 Å². The number of hydrogen-bond donors (Lipinski definition) is 0. The highest BCUT2D eigenvalue weighted by Gasteiger charge is 2.21. The van der Waals surface area contributed by atoms with Gasteiger partial charge < -0.3 is 9.47 Å². The van der Waals surface area contributed by atoms with E-state index in [0.717, 1.165) is 0 Å². The van der Waals surface area contributed by atoms with E-state index in [1.807, 2.05) is 0 Å². The molecule has 0 atom stereocenters. The van der Waals surface area contributed by atoms with Crippen LogP contribution in [0.2, 0.25) is 0 Å². The third-order valence-corrected chi connectivity index (χ3v) is 4.04. The summed E-state index contributed by atoms with van der Waals surface area (Å²) in [6.45, 7) is 0.381. The quantitative estimate of drug-likeness (QED) is 0.514. The molecule has 0 saturated heterocycles. The zero-order valence-corrected chi connectivity index (χ0v) is 13.2. The van der Waals surface area contributed by atoms with Gasteiger partial charge in [0.2, 0.25) is 0 Å². The number of rotatable bonds is 3. The Bertz CT molecular complexity index is 1050. The third kappa shape index (κ3) is 2.52. The number of non-ortho nitro benzene ring substituents is 1. The largest absolute Gasteiger partial charge is 0.467 e. The lowest BCUT2D eigenvalue weighted by molar-refractivity contribution is -0.385. The molecule has 128 valence electrons. The Morgan fingerprint density at radius 2 is 2.24 bits per heavy atom. The van der Waals surface area contributed by atoms with Gasteiger partial charge in [-0.2, -0.15) is 5.10 Å². The number of aromatic nitrogens is 4. The van der Waals surface area contributed by atoms with Gasteiger partial charge in [-0.25, -0.2) is 4.98 Å². The molecule has 10 nitrogen and oxygen atoms in total. The maximum absolute atomic E-state index is 12.6. The lowest BCUT2D eigenvalue weighted by Gasteiger charge is -2.20. The topological polar surface area (TPSA) is 114 Å². The second-order valence-electron chi connectivity index (χ2n) is 5.64. The molecule has 1 aromatic carbocycles. The van der Waals surface area contributed by atoms with Crippen molar-refractivity contribution in [3.63, 3.8) is 0 Å². The molecular formula is C15H13N5O5. The van der Waals surface area contributed by atoms with Crippen LogP contribution in [0.3, 0.4) is 0 Å². The summed E-state index contributed by atoms with van der Waals surface area (Å²) in [5.41, 5.74) is 1.24. The fourth-order valence-corrected chi connectivity index (χ4v) is 2.87. The second kappa shape index (κ2) is 5.67. The van der Waals surface area contributed by atoms with Crippen molar-refractivity contribution in [2.24, 2.45) is 7.05 Å². The first-order valence-electron chi connectivity index (χ1n) is 7.42. The summed E-state index contributed by atoms with van der Waals surface area (Å²) in [7, 11) is 1.70. The van der Waals surface area contributed by atoms with Crippen molar-refractivity contribution in [3.05, 3.63) is 56.3 Å². The minimum Gasteiger partial charge on any atom is -0.467 e. The third-order valence-electron chi connectivity index (χ3n) is 4.04. The van der Waals surface area contributed by atoms with Crippen LogP contribution in [0.15, 0.2) is 29.5 Å². The Labute approximate surface area is 140 Å². The second-order valence-corrected chi connectivity index (χ2v) is 5.64. The highest BCUT2D eigenvalue weighted by Crippen LogP contribution is 2.32. The van der Waals surface area contributed by atoms with Crippen molar-refractivity contribution in [1.29, 1.82) is 0 Å². The number of aryl methyl sites for hydroxylation is 1. The lowest BCUT2D eigenvalue weighted by Crippen LogP contribution is -2.22. The van der Waals surface area contributed by atoms with Crippen LogP contribution >= 0.6 is 0 Å². The molecule has 3 aromatic rings. The summed E-state index contributed by atoms with van der Waals surface area (Å²) < 4.78 is 13.6. The number of nitrogens with zero attached hydrogens (tertiary/aromatic N) is 5. The van der Waals surface area contributed by atoms with Gasteiger partial charge in [-0.05, 0) is 0 Å². The van der Waals surface area contributed by atoms with Gasteiger partial charge in [-0.1, -0.05) is 0 Å². The monoisotopic (exact) mass is 343 g/mol. The molecule has 0 saturated carbocycles. The van der Waals surface area contributed by atoms with E-state index in [4.69, 9.17) is 9.47 Å². The van der Waals surface area contributed by atoms with Gasteiger partial charge in [0.1, 0.15) is 17.5 Å². The Hall–Kier alpha value is -3.27. The maximum Gasteiger partial charge on any atom is 0.270 e. The van der Waals surface area contributed by atoms with Gasteiger partial charge in [0.05, 0.1) is 24.3 Å². The number of benzene rings is 1.